The highest BCUT2D eigenvalue weighted by Gasteiger charge is 2.29. The number of benzene rings is 1. The fourth-order valence-corrected chi connectivity index (χ4v) is 3.28. The molecule has 0 aliphatic carbocycles. The van der Waals surface area contributed by atoms with Crippen LogP contribution >= 0.6 is 0 Å². The molecule has 2 aromatic rings. The summed E-state index contributed by atoms with van der Waals surface area (Å²) in [6.45, 7) is 5.03. The molecule has 1 aromatic heterocycles. The van der Waals surface area contributed by atoms with Crippen molar-refractivity contribution >= 4 is 5.95 Å². The Balaban J connectivity index is 1.39. The molecule has 2 aliphatic rings. The molecule has 1 atom stereocenters. The zero-order chi connectivity index (χ0) is 16.4. The van der Waals surface area contributed by atoms with Gasteiger partial charge in [0.1, 0.15) is 5.82 Å². The third kappa shape index (κ3) is 3.25. The minimum Gasteiger partial charge on any atom is -0.378 e. The number of nitrogens with zero attached hydrogens (tertiary/aromatic N) is 4. The number of anilines is 1. The van der Waals surface area contributed by atoms with Gasteiger partial charge in [0.25, 0.3) is 0 Å². The summed E-state index contributed by atoms with van der Waals surface area (Å²) < 4.78 is 18.4. The van der Waals surface area contributed by atoms with Gasteiger partial charge in [-0.1, -0.05) is 12.1 Å². The van der Waals surface area contributed by atoms with Gasteiger partial charge in [0, 0.05) is 50.2 Å². The summed E-state index contributed by atoms with van der Waals surface area (Å²) in [5.74, 6) is 0.595. The van der Waals surface area contributed by atoms with E-state index in [1.165, 1.54) is 17.7 Å². The molecule has 3 heterocycles. The van der Waals surface area contributed by atoms with Gasteiger partial charge in [0.2, 0.25) is 5.95 Å². The fraction of sp³-hybridized carbons (Fsp3) is 0.444. The van der Waals surface area contributed by atoms with Crippen LogP contribution in [0.5, 0.6) is 0 Å². The van der Waals surface area contributed by atoms with Crippen molar-refractivity contribution in [1.82, 2.24) is 14.9 Å². The van der Waals surface area contributed by atoms with Crippen LogP contribution in [0.2, 0.25) is 0 Å². The maximum Gasteiger partial charge on any atom is 0.225 e. The zero-order valence-electron chi connectivity index (χ0n) is 13.6. The number of hydrogen-bond acceptors (Lipinski definition) is 5. The summed E-state index contributed by atoms with van der Waals surface area (Å²) in [6.07, 6.45) is 4.94. The zero-order valence-corrected chi connectivity index (χ0v) is 13.6. The normalized spacial score (nSPS) is 21.5. The topological polar surface area (TPSA) is 41.5 Å². The van der Waals surface area contributed by atoms with Gasteiger partial charge in [-0.2, -0.15) is 0 Å². The number of morpholine rings is 1. The predicted octanol–water partition coefficient (Wildman–Crippen LogP) is 2.40. The second-order valence-corrected chi connectivity index (χ2v) is 6.32. The molecule has 0 radical (unpaired) electrons. The Labute approximate surface area is 141 Å². The number of halogens is 1. The summed E-state index contributed by atoms with van der Waals surface area (Å²) in [7, 11) is 0. The summed E-state index contributed by atoms with van der Waals surface area (Å²) >= 11 is 0. The molecule has 0 bridgehead atoms. The maximum absolute atomic E-state index is 13.1. The van der Waals surface area contributed by atoms with Crippen LogP contribution in [-0.2, 0) is 11.3 Å². The number of hydrogen-bond donors (Lipinski definition) is 0. The molecule has 5 nitrogen and oxygen atoms in total. The largest absolute Gasteiger partial charge is 0.378 e. The van der Waals surface area contributed by atoms with E-state index in [0.29, 0.717) is 6.04 Å². The van der Waals surface area contributed by atoms with Gasteiger partial charge in [-0.25, -0.2) is 14.4 Å². The lowest BCUT2D eigenvalue weighted by molar-refractivity contribution is 0.0816. The average molecular weight is 328 g/mol. The number of ether oxygens (including phenoxy) is 1. The van der Waals surface area contributed by atoms with E-state index in [2.05, 4.69) is 19.8 Å². The molecule has 1 aromatic carbocycles. The van der Waals surface area contributed by atoms with Crippen molar-refractivity contribution in [3.63, 3.8) is 0 Å². The highest BCUT2D eigenvalue weighted by Crippen LogP contribution is 2.34. The van der Waals surface area contributed by atoms with Crippen LogP contribution in [0.15, 0.2) is 36.7 Å². The Kier molecular flexibility index (Phi) is 4.40. The van der Waals surface area contributed by atoms with Crippen LogP contribution in [0.4, 0.5) is 10.3 Å². The monoisotopic (exact) mass is 328 g/mol. The van der Waals surface area contributed by atoms with E-state index in [0.717, 1.165) is 57.3 Å². The van der Waals surface area contributed by atoms with Gasteiger partial charge in [-0.3, -0.25) is 4.90 Å². The van der Waals surface area contributed by atoms with Gasteiger partial charge in [-0.15, -0.1) is 0 Å². The Hall–Kier alpha value is -2.05. The summed E-state index contributed by atoms with van der Waals surface area (Å²) in [4.78, 5) is 13.5. The van der Waals surface area contributed by atoms with Crippen molar-refractivity contribution in [2.75, 3.05) is 37.7 Å². The smallest absolute Gasteiger partial charge is 0.225 e. The highest BCUT2D eigenvalue weighted by atomic mass is 19.1. The molecule has 2 saturated heterocycles. The van der Waals surface area contributed by atoms with Crippen molar-refractivity contribution in [2.24, 2.45) is 0 Å². The van der Waals surface area contributed by atoms with Crippen LogP contribution in [-0.4, -0.2) is 47.7 Å². The average Bonchev–Trinajstić information content (AvgIpc) is 2.62. The van der Waals surface area contributed by atoms with Crippen molar-refractivity contribution in [3.8, 4) is 0 Å². The summed E-state index contributed by atoms with van der Waals surface area (Å²) in [5, 5.41) is 0. The van der Waals surface area contributed by atoms with Gasteiger partial charge in [0.15, 0.2) is 0 Å². The lowest BCUT2D eigenvalue weighted by atomic mass is 9.94. The third-order valence-corrected chi connectivity index (χ3v) is 4.76. The second kappa shape index (κ2) is 6.83. The third-order valence-electron chi connectivity index (χ3n) is 4.76. The van der Waals surface area contributed by atoms with E-state index >= 15 is 0 Å². The van der Waals surface area contributed by atoms with Gasteiger partial charge < -0.3 is 9.64 Å². The SMILES string of the molecule is Fc1ccc(C2CCN2Cc2cnc(N3CCOCC3)nc2)cc1. The van der Waals surface area contributed by atoms with Gasteiger partial charge >= 0.3 is 0 Å². The Morgan fingerprint density at radius 1 is 1.04 bits per heavy atom. The molecule has 24 heavy (non-hydrogen) atoms. The first-order valence-corrected chi connectivity index (χ1v) is 8.43. The maximum atomic E-state index is 13.1. The molecular formula is C18H21FN4O. The van der Waals surface area contributed by atoms with E-state index in [1.54, 1.807) is 0 Å². The van der Waals surface area contributed by atoms with E-state index in [1.807, 2.05) is 24.5 Å². The van der Waals surface area contributed by atoms with Crippen LogP contribution in [0.1, 0.15) is 23.6 Å². The van der Waals surface area contributed by atoms with Crippen molar-refractivity contribution < 1.29 is 9.13 Å². The first-order valence-electron chi connectivity index (χ1n) is 8.43. The van der Waals surface area contributed by atoms with E-state index in [-0.39, 0.29) is 5.82 Å². The molecule has 0 saturated carbocycles. The molecule has 6 heteroatoms. The van der Waals surface area contributed by atoms with Crippen LogP contribution in [0, 0.1) is 5.82 Å². The molecular weight excluding hydrogens is 307 g/mol. The predicted molar refractivity (Wildman–Crippen MR) is 89.2 cm³/mol. The van der Waals surface area contributed by atoms with E-state index in [4.69, 9.17) is 4.74 Å². The molecule has 0 amide bonds. The molecule has 0 spiro atoms. The van der Waals surface area contributed by atoms with Crippen molar-refractivity contribution in [3.05, 3.63) is 53.6 Å². The fourth-order valence-electron chi connectivity index (χ4n) is 3.28. The number of likely N-dealkylation sites (tertiary alicyclic amines) is 1. The molecule has 1 unspecified atom stereocenters. The van der Waals surface area contributed by atoms with Crippen LogP contribution in [0.3, 0.4) is 0 Å². The highest BCUT2D eigenvalue weighted by molar-refractivity contribution is 5.30. The Bertz CT molecular complexity index is 670. The minimum absolute atomic E-state index is 0.184. The summed E-state index contributed by atoms with van der Waals surface area (Å²) in [5.41, 5.74) is 2.28. The molecule has 2 aliphatic heterocycles. The van der Waals surface area contributed by atoms with Crippen molar-refractivity contribution in [1.29, 1.82) is 0 Å². The van der Waals surface area contributed by atoms with Gasteiger partial charge in [-0.05, 0) is 24.1 Å². The first-order chi connectivity index (χ1) is 11.8. The van der Waals surface area contributed by atoms with E-state index < -0.39 is 0 Å². The van der Waals surface area contributed by atoms with Gasteiger partial charge in [0.05, 0.1) is 13.2 Å². The number of aromatic nitrogens is 2. The lowest BCUT2D eigenvalue weighted by Crippen LogP contribution is -2.40. The molecule has 126 valence electrons. The molecule has 4 rings (SSSR count). The quantitative estimate of drug-likeness (QED) is 0.862. The minimum atomic E-state index is -0.184. The first kappa shape index (κ1) is 15.5. The molecule has 2 fully saturated rings. The Morgan fingerprint density at radius 3 is 2.38 bits per heavy atom. The van der Waals surface area contributed by atoms with Crippen molar-refractivity contribution in [2.45, 2.75) is 19.0 Å². The lowest BCUT2D eigenvalue weighted by Gasteiger charge is -2.41. The van der Waals surface area contributed by atoms with Crippen LogP contribution < -0.4 is 4.90 Å². The Morgan fingerprint density at radius 2 is 1.75 bits per heavy atom. The standard InChI is InChI=1S/C18H21FN4O/c19-16-3-1-15(2-4-16)17-5-6-23(17)13-14-11-20-18(21-12-14)22-7-9-24-10-8-22/h1-4,11-12,17H,5-10,13H2. The van der Waals surface area contributed by atoms with Crippen LogP contribution in [0.25, 0.3) is 0 Å². The second-order valence-electron chi connectivity index (χ2n) is 6.32. The molecule has 0 N–H and O–H groups in total. The summed E-state index contributed by atoms with van der Waals surface area (Å²) in [6, 6.07) is 7.19. The number of rotatable bonds is 4. The van der Waals surface area contributed by atoms with E-state index in [9.17, 15) is 4.39 Å².